The van der Waals surface area contributed by atoms with Crippen molar-refractivity contribution in [3.8, 4) is 0 Å². The lowest BCUT2D eigenvalue weighted by Crippen LogP contribution is -2.06. The molecule has 2 aromatic rings. The summed E-state index contributed by atoms with van der Waals surface area (Å²) in [5.41, 5.74) is 1.70. The number of rotatable bonds is 9. The van der Waals surface area contributed by atoms with Gasteiger partial charge in [0.1, 0.15) is 0 Å². The third-order valence-electron chi connectivity index (χ3n) is 3.55. The Balaban J connectivity index is 1.97. The van der Waals surface area contributed by atoms with Crippen LogP contribution in [0.1, 0.15) is 24.8 Å². The normalized spacial score (nSPS) is 11.3. The lowest BCUT2D eigenvalue weighted by atomic mass is 10.2. The summed E-state index contributed by atoms with van der Waals surface area (Å²) in [6, 6.07) is 16.0. The number of hydrogen-bond acceptors (Lipinski definition) is 4. The number of nitrogens with one attached hydrogen (secondary N) is 1. The van der Waals surface area contributed by atoms with E-state index in [0.29, 0.717) is 4.90 Å². The Hall–Kier alpha value is -1.85. The van der Waals surface area contributed by atoms with Crippen LogP contribution in [0.2, 0.25) is 0 Å². The van der Waals surface area contributed by atoms with Gasteiger partial charge in [-0.25, -0.2) is 8.42 Å². The largest absolute Gasteiger partial charge is 0.396 e. The van der Waals surface area contributed by atoms with Crippen molar-refractivity contribution in [3.63, 3.8) is 0 Å². The summed E-state index contributed by atoms with van der Waals surface area (Å²) in [6.45, 7) is 1.04. The first-order valence-corrected chi connectivity index (χ1v) is 9.48. The summed E-state index contributed by atoms with van der Waals surface area (Å²) in [7, 11) is -3.32. The average Bonchev–Trinajstić information content (AvgIpc) is 2.55. The first-order chi connectivity index (χ1) is 11.1. The molecular formula is C18H23NO3S. The zero-order chi connectivity index (χ0) is 16.5. The topological polar surface area (TPSA) is 66.4 Å². The van der Waals surface area contributed by atoms with E-state index in [-0.39, 0.29) is 12.4 Å². The predicted molar refractivity (Wildman–Crippen MR) is 93.2 cm³/mol. The van der Waals surface area contributed by atoms with Gasteiger partial charge in [0.2, 0.25) is 0 Å². The van der Waals surface area contributed by atoms with Crippen LogP contribution in [0.15, 0.2) is 59.5 Å². The number of anilines is 1. The minimum absolute atomic E-state index is 0.00293. The molecule has 0 bridgehead atoms. The molecule has 5 heteroatoms. The van der Waals surface area contributed by atoms with Crippen LogP contribution in [0.5, 0.6) is 0 Å². The van der Waals surface area contributed by atoms with E-state index < -0.39 is 9.84 Å². The van der Waals surface area contributed by atoms with Gasteiger partial charge >= 0.3 is 0 Å². The predicted octanol–water partition coefficient (Wildman–Crippen LogP) is 3.24. The van der Waals surface area contributed by atoms with E-state index >= 15 is 0 Å². The first-order valence-electron chi connectivity index (χ1n) is 7.83. The van der Waals surface area contributed by atoms with Crippen LogP contribution in [-0.2, 0) is 15.6 Å². The van der Waals surface area contributed by atoms with E-state index in [1.54, 1.807) is 30.3 Å². The second-order valence-corrected chi connectivity index (χ2v) is 7.47. The maximum Gasteiger partial charge on any atom is 0.182 e. The van der Waals surface area contributed by atoms with Crippen molar-refractivity contribution in [1.29, 1.82) is 0 Å². The van der Waals surface area contributed by atoms with Crippen LogP contribution in [0, 0.1) is 0 Å². The lowest BCUT2D eigenvalue weighted by Gasteiger charge is -2.09. The summed E-state index contributed by atoms with van der Waals surface area (Å²) >= 11 is 0. The van der Waals surface area contributed by atoms with Gasteiger partial charge in [-0.2, -0.15) is 0 Å². The Labute approximate surface area is 138 Å². The van der Waals surface area contributed by atoms with Crippen LogP contribution in [0.3, 0.4) is 0 Å². The zero-order valence-electron chi connectivity index (χ0n) is 13.1. The highest BCUT2D eigenvalue weighted by molar-refractivity contribution is 7.90. The fraction of sp³-hybridized carbons (Fsp3) is 0.333. The van der Waals surface area contributed by atoms with Crippen molar-refractivity contribution in [1.82, 2.24) is 0 Å². The van der Waals surface area contributed by atoms with Gasteiger partial charge in [-0.05, 0) is 49.1 Å². The molecule has 0 aromatic heterocycles. The minimum atomic E-state index is -3.32. The van der Waals surface area contributed by atoms with Gasteiger partial charge < -0.3 is 10.4 Å². The van der Waals surface area contributed by atoms with Gasteiger partial charge in [0.15, 0.2) is 9.84 Å². The van der Waals surface area contributed by atoms with E-state index in [9.17, 15) is 8.42 Å². The quantitative estimate of drug-likeness (QED) is 0.692. The fourth-order valence-electron chi connectivity index (χ4n) is 2.35. The molecule has 2 rings (SSSR count). The summed E-state index contributed by atoms with van der Waals surface area (Å²) < 4.78 is 24.8. The number of sulfone groups is 1. The van der Waals surface area contributed by atoms with Crippen molar-refractivity contribution in [3.05, 3.63) is 60.2 Å². The van der Waals surface area contributed by atoms with Crippen molar-refractivity contribution in [2.45, 2.75) is 29.9 Å². The molecule has 0 unspecified atom stereocenters. The molecule has 0 aliphatic carbocycles. The summed E-state index contributed by atoms with van der Waals surface area (Å²) in [5, 5.41) is 12.0. The van der Waals surface area contributed by atoms with E-state index in [2.05, 4.69) is 5.32 Å². The number of aliphatic hydroxyl groups excluding tert-OH is 1. The number of unbranched alkanes of at least 4 members (excludes halogenated alkanes) is 2. The Bertz CT molecular complexity index is 699. The molecule has 23 heavy (non-hydrogen) atoms. The van der Waals surface area contributed by atoms with Crippen molar-refractivity contribution in [2.24, 2.45) is 0 Å². The maximum atomic E-state index is 12.4. The van der Waals surface area contributed by atoms with Gasteiger partial charge in [0, 0.05) is 18.8 Å². The summed E-state index contributed by atoms with van der Waals surface area (Å²) in [6.07, 6.45) is 2.77. The molecule has 0 aliphatic rings. The smallest absolute Gasteiger partial charge is 0.182 e. The van der Waals surface area contributed by atoms with Crippen molar-refractivity contribution >= 4 is 15.5 Å². The third-order valence-corrected chi connectivity index (χ3v) is 5.25. The van der Waals surface area contributed by atoms with Gasteiger partial charge in [-0.15, -0.1) is 0 Å². The average molecular weight is 333 g/mol. The van der Waals surface area contributed by atoms with E-state index in [4.69, 9.17) is 5.11 Å². The molecule has 0 heterocycles. The van der Waals surface area contributed by atoms with Crippen LogP contribution in [0.25, 0.3) is 0 Å². The Kier molecular flexibility index (Phi) is 6.62. The molecule has 0 atom stereocenters. The van der Waals surface area contributed by atoms with Gasteiger partial charge in [0.25, 0.3) is 0 Å². The van der Waals surface area contributed by atoms with E-state index in [0.717, 1.165) is 37.1 Å². The minimum Gasteiger partial charge on any atom is -0.396 e. The third kappa shape index (κ3) is 5.69. The zero-order valence-corrected chi connectivity index (χ0v) is 13.9. The Morgan fingerprint density at radius 3 is 2.43 bits per heavy atom. The van der Waals surface area contributed by atoms with Gasteiger partial charge in [0.05, 0.1) is 10.6 Å². The number of benzene rings is 2. The fourth-order valence-corrected chi connectivity index (χ4v) is 3.70. The lowest BCUT2D eigenvalue weighted by molar-refractivity contribution is 0.283. The molecule has 124 valence electrons. The first kappa shape index (κ1) is 17.5. The molecule has 0 aliphatic heterocycles. The van der Waals surface area contributed by atoms with E-state index in [1.807, 2.05) is 24.3 Å². The molecule has 0 radical (unpaired) electrons. The molecule has 0 saturated carbocycles. The molecule has 2 aromatic carbocycles. The van der Waals surface area contributed by atoms with Crippen molar-refractivity contribution < 1.29 is 13.5 Å². The van der Waals surface area contributed by atoms with Crippen LogP contribution < -0.4 is 5.32 Å². The molecular weight excluding hydrogens is 310 g/mol. The van der Waals surface area contributed by atoms with Crippen LogP contribution in [-0.4, -0.2) is 26.7 Å². The molecule has 4 nitrogen and oxygen atoms in total. The van der Waals surface area contributed by atoms with Gasteiger partial charge in [-0.3, -0.25) is 0 Å². The monoisotopic (exact) mass is 333 g/mol. The SMILES string of the molecule is O=S(=O)(Cc1cccc(NCCCCCO)c1)c1ccccc1. The highest BCUT2D eigenvalue weighted by Crippen LogP contribution is 2.18. The van der Waals surface area contributed by atoms with Crippen LogP contribution in [0.4, 0.5) is 5.69 Å². The van der Waals surface area contributed by atoms with Crippen molar-refractivity contribution in [2.75, 3.05) is 18.5 Å². The van der Waals surface area contributed by atoms with Gasteiger partial charge in [-0.1, -0.05) is 30.3 Å². The number of aliphatic hydroxyl groups is 1. The molecule has 0 saturated heterocycles. The maximum absolute atomic E-state index is 12.4. The Morgan fingerprint density at radius 2 is 1.70 bits per heavy atom. The van der Waals surface area contributed by atoms with E-state index in [1.165, 1.54) is 0 Å². The standard InChI is InChI=1S/C18H23NO3S/c20-13-6-2-5-12-19-17-9-7-8-16(14-17)15-23(21,22)18-10-3-1-4-11-18/h1,3-4,7-11,14,19-20H,2,5-6,12-13,15H2. The number of hydrogen-bond donors (Lipinski definition) is 2. The molecule has 0 spiro atoms. The molecule has 0 amide bonds. The highest BCUT2D eigenvalue weighted by Gasteiger charge is 2.14. The molecule has 2 N–H and O–H groups in total. The second-order valence-electron chi connectivity index (χ2n) is 5.48. The second kappa shape index (κ2) is 8.70. The summed E-state index contributed by atoms with van der Waals surface area (Å²) in [5.74, 6) is -0.00293. The highest BCUT2D eigenvalue weighted by atomic mass is 32.2. The molecule has 0 fully saturated rings. The Morgan fingerprint density at radius 1 is 0.913 bits per heavy atom. The van der Waals surface area contributed by atoms with Crippen LogP contribution >= 0.6 is 0 Å². The summed E-state index contributed by atoms with van der Waals surface area (Å²) in [4.78, 5) is 0.349.